The molecule has 0 aliphatic carbocycles. The predicted octanol–water partition coefficient (Wildman–Crippen LogP) is 6.92. The first kappa shape index (κ1) is 28.6. The molecule has 0 bridgehead atoms. The Morgan fingerprint density at radius 2 is 1.52 bits per heavy atom. The lowest BCUT2D eigenvalue weighted by Crippen LogP contribution is -1.99. The van der Waals surface area contributed by atoms with Crippen molar-refractivity contribution in [3.8, 4) is 17.2 Å². The summed E-state index contributed by atoms with van der Waals surface area (Å²) in [5.74, 6) is -0.0463. The molecule has 14 heteroatoms. The van der Waals surface area contributed by atoms with Crippen LogP contribution in [-0.4, -0.2) is 31.3 Å². The van der Waals surface area contributed by atoms with E-state index in [1.807, 2.05) is 0 Å². The van der Waals surface area contributed by atoms with Gasteiger partial charge < -0.3 is 20.3 Å². The average molecular weight is 582 g/mol. The molecule has 0 spiro atoms. The van der Waals surface area contributed by atoms with Gasteiger partial charge in [0.2, 0.25) is 0 Å². The first-order valence-electron chi connectivity index (χ1n) is 11.9. The number of anilines is 1. The van der Waals surface area contributed by atoms with Gasteiger partial charge in [-0.1, -0.05) is 12.1 Å². The summed E-state index contributed by atoms with van der Waals surface area (Å²) >= 11 is 0. The number of hydrogen-bond donors (Lipinski definition) is 3. The monoisotopic (exact) mass is 581 g/mol. The number of ether oxygens (including phenoxy) is 2. The van der Waals surface area contributed by atoms with E-state index in [0.29, 0.717) is 27.8 Å². The number of hydrogen-bond acceptors (Lipinski definition) is 11. The molecule has 0 aromatic heterocycles. The van der Waals surface area contributed by atoms with E-state index in [9.17, 15) is 22.6 Å². The molecule has 0 heterocycles. The highest BCUT2D eigenvalue weighted by molar-refractivity contribution is 7.86. The van der Waals surface area contributed by atoms with Crippen molar-refractivity contribution in [1.29, 1.82) is 0 Å². The summed E-state index contributed by atoms with van der Waals surface area (Å²) in [6, 6.07) is 15.3. The smallest absolute Gasteiger partial charge is 0.296 e. The highest BCUT2D eigenvalue weighted by Gasteiger charge is 2.22. The van der Waals surface area contributed by atoms with Crippen molar-refractivity contribution in [2.45, 2.75) is 18.7 Å². The van der Waals surface area contributed by atoms with Crippen LogP contribution in [-0.2, 0) is 14.7 Å². The van der Waals surface area contributed by atoms with E-state index in [0.717, 1.165) is 6.07 Å². The van der Waals surface area contributed by atoms with Crippen molar-refractivity contribution >= 4 is 63.1 Å². The van der Waals surface area contributed by atoms with Gasteiger partial charge in [0.15, 0.2) is 14.2 Å². The number of rotatable bonds is 10. The summed E-state index contributed by atoms with van der Waals surface area (Å²) in [5, 5.41) is 28.5. The minimum absolute atomic E-state index is 0.129. The van der Waals surface area contributed by atoms with Gasteiger partial charge in [-0.3, -0.25) is 9.12 Å². The Bertz CT molecular complexity index is 1760. The lowest BCUT2D eigenvalue weighted by Gasteiger charge is -2.12. The topological polar surface area (TPSA) is 186 Å². The summed E-state index contributed by atoms with van der Waals surface area (Å²) in [5.41, 5.74) is 6.57. The van der Waals surface area contributed by atoms with Crippen LogP contribution in [0.15, 0.2) is 86.0 Å². The normalized spacial score (nSPS) is 12.1. The van der Waals surface area contributed by atoms with Crippen LogP contribution in [0, 0.1) is 0 Å². The zero-order chi connectivity index (χ0) is 28.9. The SMILES string of the molecule is CCOc1cc(/N=N\c2c(S(=O)(=O)O)cc3ccc(N)cc3c2O)c(OCC)cc1/N=N\c1cccc(P=O)c1. The first-order valence-corrected chi connectivity index (χ1v) is 14.1. The second kappa shape index (κ2) is 12.2. The van der Waals surface area contributed by atoms with E-state index in [-0.39, 0.29) is 44.2 Å². The van der Waals surface area contributed by atoms with Crippen LogP contribution in [0.1, 0.15) is 13.8 Å². The van der Waals surface area contributed by atoms with Crippen molar-refractivity contribution in [1.82, 2.24) is 0 Å². The maximum Gasteiger partial charge on any atom is 0.296 e. The number of nitrogens with zero attached hydrogens (tertiary/aromatic N) is 4. The molecule has 0 amide bonds. The van der Waals surface area contributed by atoms with E-state index in [1.165, 1.54) is 30.3 Å². The summed E-state index contributed by atoms with van der Waals surface area (Å²) in [6.45, 7) is 4.04. The van der Waals surface area contributed by atoms with E-state index in [2.05, 4.69) is 20.5 Å². The van der Waals surface area contributed by atoms with Crippen LogP contribution in [0.25, 0.3) is 10.8 Å². The highest BCUT2D eigenvalue weighted by Crippen LogP contribution is 2.45. The standard InChI is InChI=1S/C26H24N5O7PS/c1-3-37-22-14-21(23(38-4-2)13-20(22)29-28-17-6-5-7-18(12-17)39-33)30-31-25-24(40(34,35)36)10-15-8-9-16(27)11-19(15)26(25)32/h5-14,32H,3-4,27H2,1-2H3,(H,34,35,36)/b29-28-,31-30-. The van der Waals surface area contributed by atoms with Crippen LogP contribution in [0.2, 0.25) is 0 Å². The molecule has 0 fully saturated rings. The number of benzene rings is 4. The zero-order valence-corrected chi connectivity index (χ0v) is 23.1. The minimum atomic E-state index is -4.79. The fourth-order valence-electron chi connectivity index (χ4n) is 3.72. The molecular formula is C26H24N5O7PS. The predicted molar refractivity (Wildman–Crippen MR) is 151 cm³/mol. The van der Waals surface area contributed by atoms with E-state index in [4.69, 9.17) is 15.2 Å². The Balaban J connectivity index is 1.84. The molecule has 40 heavy (non-hydrogen) atoms. The quantitative estimate of drug-likeness (QED) is 0.0779. The molecule has 206 valence electrons. The van der Waals surface area contributed by atoms with Gasteiger partial charge in [-0.15, -0.1) is 15.3 Å². The number of phenolic OH excluding ortho intramolecular Hbond substituents is 1. The number of fused-ring (bicyclic) bond motifs is 1. The summed E-state index contributed by atoms with van der Waals surface area (Å²) in [6.07, 6.45) is 0. The number of nitrogen functional groups attached to an aromatic ring is 1. The minimum Gasteiger partial charge on any atom is -0.505 e. The van der Waals surface area contributed by atoms with Crippen LogP contribution >= 0.6 is 8.46 Å². The second-order valence-corrected chi connectivity index (χ2v) is 10.3. The lowest BCUT2D eigenvalue weighted by atomic mass is 10.1. The molecule has 4 rings (SSSR count). The van der Waals surface area contributed by atoms with Gasteiger partial charge in [0.05, 0.1) is 18.9 Å². The molecule has 4 N–H and O–H groups in total. The third-order valence-corrected chi connectivity index (χ3v) is 6.82. The highest BCUT2D eigenvalue weighted by atomic mass is 32.2. The van der Waals surface area contributed by atoms with Crippen molar-refractivity contribution in [2.24, 2.45) is 20.5 Å². The maximum absolute atomic E-state index is 12.1. The first-order chi connectivity index (χ1) is 19.1. The molecule has 0 aliphatic rings. The van der Waals surface area contributed by atoms with Gasteiger partial charge >= 0.3 is 0 Å². The lowest BCUT2D eigenvalue weighted by molar-refractivity contribution is 0.332. The van der Waals surface area contributed by atoms with Crippen molar-refractivity contribution in [3.05, 3.63) is 60.7 Å². The number of aromatic hydroxyl groups is 1. The largest absolute Gasteiger partial charge is 0.505 e. The zero-order valence-electron chi connectivity index (χ0n) is 21.3. The van der Waals surface area contributed by atoms with Crippen molar-refractivity contribution in [3.63, 3.8) is 0 Å². The average Bonchev–Trinajstić information content (AvgIpc) is 2.92. The van der Waals surface area contributed by atoms with E-state index < -0.39 is 26.5 Å². The van der Waals surface area contributed by atoms with Gasteiger partial charge in [0.25, 0.3) is 10.1 Å². The summed E-state index contributed by atoms with van der Waals surface area (Å²) < 4.78 is 56.7. The molecule has 0 atom stereocenters. The van der Waals surface area contributed by atoms with Crippen LogP contribution in [0.3, 0.4) is 0 Å². The fraction of sp³-hybridized carbons (Fsp3) is 0.154. The molecule has 4 aromatic carbocycles. The fourth-order valence-corrected chi connectivity index (χ4v) is 4.71. The maximum atomic E-state index is 12.1. The molecule has 4 aromatic rings. The van der Waals surface area contributed by atoms with E-state index in [1.54, 1.807) is 38.1 Å². The Morgan fingerprint density at radius 3 is 2.12 bits per heavy atom. The number of phenols is 1. The third kappa shape index (κ3) is 6.40. The van der Waals surface area contributed by atoms with Gasteiger partial charge in [-0.25, -0.2) is 0 Å². The van der Waals surface area contributed by atoms with Gasteiger partial charge in [0.1, 0.15) is 33.5 Å². The summed E-state index contributed by atoms with van der Waals surface area (Å²) in [4.78, 5) is -0.640. The van der Waals surface area contributed by atoms with Crippen LogP contribution < -0.4 is 20.5 Å². The number of nitrogens with two attached hydrogens (primary N) is 1. The molecule has 0 radical (unpaired) electrons. The Labute approximate surface area is 231 Å². The van der Waals surface area contributed by atoms with Gasteiger partial charge in [-0.05, 0) is 55.6 Å². The number of azo groups is 2. The van der Waals surface area contributed by atoms with Gasteiger partial charge in [-0.2, -0.15) is 13.5 Å². The van der Waals surface area contributed by atoms with E-state index >= 15 is 0 Å². The van der Waals surface area contributed by atoms with Crippen LogP contribution in [0.4, 0.5) is 28.4 Å². The summed E-state index contributed by atoms with van der Waals surface area (Å²) in [7, 11) is -4.94. The molecule has 0 saturated heterocycles. The molecule has 0 saturated carbocycles. The Hall–Kier alpha value is -4.45. The Morgan fingerprint density at radius 1 is 0.875 bits per heavy atom. The van der Waals surface area contributed by atoms with Crippen LogP contribution in [0.5, 0.6) is 17.2 Å². The molecular weight excluding hydrogens is 557 g/mol. The molecule has 0 aliphatic heterocycles. The second-order valence-electron chi connectivity index (χ2n) is 8.19. The van der Waals surface area contributed by atoms with Crippen molar-refractivity contribution in [2.75, 3.05) is 18.9 Å². The third-order valence-electron chi connectivity index (χ3n) is 5.46. The Kier molecular flexibility index (Phi) is 8.68. The van der Waals surface area contributed by atoms with Gasteiger partial charge in [0, 0.05) is 28.5 Å². The molecule has 0 unspecified atom stereocenters. The van der Waals surface area contributed by atoms with Crippen molar-refractivity contribution < 1.29 is 32.1 Å². The molecule has 12 nitrogen and oxygen atoms in total.